The van der Waals surface area contributed by atoms with Crippen molar-refractivity contribution in [1.82, 2.24) is 30.3 Å². The van der Waals surface area contributed by atoms with Gasteiger partial charge in [0.25, 0.3) is 0 Å². The fraction of sp³-hybridized carbons (Fsp3) is 0.333. The Balaban J connectivity index is 1.55. The Morgan fingerprint density at radius 2 is 2.11 bits per heavy atom. The van der Waals surface area contributed by atoms with Gasteiger partial charge in [-0.2, -0.15) is 5.10 Å². The molecule has 0 saturated heterocycles. The van der Waals surface area contributed by atoms with Gasteiger partial charge in [0.05, 0.1) is 11.7 Å². The minimum absolute atomic E-state index is 0.278. The molecule has 0 aliphatic rings. The normalized spacial score (nSPS) is 11.9. The van der Waals surface area contributed by atoms with E-state index in [4.69, 9.17) is 4.74 Å². The van der Waals surface area contributed by atoms with Gasteiger partial charge in [0.1, 0.15) is 6.33 Å². The van der Waals surface area contributed by atoms with E-state index < -0.39 is 0 Å². The smallest absolute Gasteiger partial charge is 0.319 e. The molecule has 9 nitrogen and oxygen atoms in total. The number of ether oxygens (including phenoxy) is 1. The quantitative estimate of drug-likeness (QED) is 0.529. The Labute approximate surface area is 157 Å². The van der Waals surface area contributed by atoms with Gasteiger partial charge < -0.3 is 19.9 Å². The van der Waals surface area contributed by atoms with Crippen molar-refractivity contribution >= 4 is 11.7 Å². The minimum atomic E-state index is -0.303. The fourth-order valence-electron chi connectivity index (χ4n) is 2.73. The molecule has 0 fully saturated rings. The van der Waals surface area contributed by atoms with Crippen LogP contribution in [-0.2, 0) is 11.3 Å². The molecule has 1 unspecified atom stereocenters. The van der Waals surface area contributed by atoms with Crippen LogP contribution in [0.1, 0.15) is 25.2 Å². The molecule has 9 heteroatoms. The molecule has 0 radical (unpaired) electrons. The molecule has 2 aromatic heterocycles. The average Bonchev–Trinajstić information content (AvgIpc) is 3.34. The van der Waals surface area contributed by atoms with Crippen molar-refractivity contribution in [3.05, 3.63) is 48.7 Å². The predicted molar refractivity (Wildman–Crippen MR) is 101 cm³/mol. The van der Waals surface area contributed by atoms with Crippen molar-refractivity contribution in [2.75, 3.05) is 19.0 Å². The molecular weight excluding hydrogens is 346 g/mol. The van der Waals surface area contributed by atoms with Gasteiger partial charge in [-0.15, -0.1) is 10.2 Å². The SMILES string of the molecule is COCCCn1cnnc1C(C)NC(=O)Nc1ccc(-c2ccn[nH]2)cc1. The Kier molecular flexibility index (Phi) is 6.16. The third-order valence-electron chi connectivity index (χ3n) is 4.08. The fourth-order valence-corrected chi connectivity index (χ4v) is 2.73. The molecule has 1 atom stereocenters. The van der Waals surface area contributed by atoms with Crippen LogP contribution in [0.15, 0.2) is 42.9 Å². The van der Waals surface area contributed by atoms with Crippen LogP contribution in [-0.4, -0.2) is 44.7 Å². The molecule has 2 amide bonds. The molecule has 0 saturated carbocycles. The number of hydrogen-bond acceptors (Lipinski definition) is 5. The molecule has 0 bridgehead atoms. The lowest BCUT2D eigenvalue weighted by molar-refractivity contribution is 0.189. The number of methoxy groups -OCH3 is 1. The molecule has 27 heavy (non-hydrogen) atoms. The Bertz CT molecular complexity index is 843. The number of aromatic nitrogens is 5. The first-order valence-electron chi connectivity index (χ1n) is 8.71. The summed E-state index contributed by atoms with van der Waals surface area (Å²) in [5, 5.41) is 20.6. The minimum Gasteiger partial charge on any atom is -0.385 e. The summed E-state index contributed by atoms with van der Waals surface area (Å²) in [7, 11) is 1.67. The molecule has 3 rings (SSSR count). The number of hydrogen-bond donors (Lipinski definition) is 3. The monoisotopic (exact) mass is 369 g/mol. The topological polar surface area (TPSA) is 110 Å². The second kappa shape index (κ2) is 8.95. The van der Waals surface area contributed by atoms with E-state index in [-0.39, 0.29) is 12.1 Å². The molecule has 0 spiro atoms. The number of nitrogens with one attached hydrogen (secondary N) is 3. The van der Waals surface area contributed by atoms with Gasteiger partial charge in [-0.3, -0.25) is 5.10 Å². The van der Waals surface area contributed by atoms with Crippen LogP contribution in [0.25, 0.3) is 11.3 Å². The van der Waals surface area contributed by atoms with Gasteiger partial charge in [-0.05, 0) is 37.1 Å². The van der Waals surface area contributed by atoms with E-state index in [0.717, 1.165) is 24.2 Å². The first-order chi connectivity index (χ1) is 13.2. The Morgan fingerprint density at radius 3 is 2.81 bits per heavy atom. The molecule has 0 aliphatic carbocycles. The number of H-pyrrole nitrogens is 1. The zero-order valence-electron chi connectivity index (χ0n) is 15.3. The number of aryl methyl sites for hydroxylation is 1. The van der Waals surface area contributed by atoms with Gasteiger partial charge >= 0.3 is 6.03 Å². The summed E-state index contributed by atoms with van der Waals surface area (Å²) >= 11 is 0. The van der Waals surface area contributed by atoms with E-state index in [2.05, 4.69) is 31.0 Å². The van der Waals surface area contributed by atoms with Crippen molar-refractivity contribution in [2.45, 2.75) is 25.9 Å². The van der Waals surface area contributed by atoms with Crippen molar-refractivity contribution in [3.63, 3.8) is 0 Å². The van der Waals surface area contributed by atoms with Crippen molar-refractivity contribution in [3.8, 4) is 11.3 Å². The van der Waals surface area contributed by atoms with E-state index in [0.29, 0.717) is 18.1 Å². The number of nitrogens with zero attached hydrogens (tertiary/aromatic N) is 4. The van der Waals surface area contributed by atoms with E-state index in [1.165, 1.54) is 0 Å². The standard InChI is InChI=1S/C18H23N7O2/c1-13(17-24-20-12-25(17)10-3-11-27-2)21-18(26)22-15-6-4-14(5-7-15)16-8-9-19-23-16/h4-9,12-13H,3,10-11H2,1-2H3,(H,19,23)(H2,21,22,26). The second-order valence-corrected chi connectivity index (χ2v) is 6.10. The lowest BCUT2D eigenvalue weighted by Crippen LogP contribution is -2.32. The van der Waals surface area contributed by atoms with Gasteiger partial charge in [0, 0.05) is 32.1 Å². The lowest BCUT2D eigenvalue weighted by Gasteiger charge is -2.15. The summed E-state index contributed by atoms with van der Waals surface area (Å²) in [5.41, 5.74) is 2.62. The van der Waals surface area contributed by atoms with Crippen LogP contribution in [0.2, 0.25) is 0 Å². The summed E-state index contributed by atoms with van der Waals surface area (Å²) in [4.78, 5) is 12.3. The second-order valence-electron chi connectivity index (χ2n) is 6.10. The number of amides is 2. The maximum absolute atomic E-state index is 12.3. The van der Waals surface area contributed by atoms with Gasteiger partial charge in [-0.1, -0.05) is 12.1 Å². The van der Waals surface area contributed by atoms with Crippen molar-refractivity contribution in [2.24, 2.45) is 0 Å². The third-order valence-corrected chi connectivity index (χ3v) is 4.08. The van der Waals surface area contributed by atoms with Crippen LogP contribution in [0.3, 0.4) is 0 Å². The maximum Gasteiger partial charge on any atom is 0.319 e. The third kappa shape index (κ3) is 4.91. The van der Waals surface area contributed by atoms with Crippen LogP contribution >= 0.6 is 0 Å². The number of urea groups is 1. The highest BCUT2D eigenvalue weighted by Crippen LogP contribution is 2.19. The average molecular weight is 369 g/mol. The van der Waals surface area contributed by atoms with E-state index in [9.17, 15) is 4.79 Å². The van der Waals surface area contributed by atoms with Crippen LogP contribution in [0, 0.1) is 0 Å². The first-order valence-corrected chi connectivity index (χ1v) is 8.71. The predicted octanol–water partition coefficient (Wildman–Crippen LogP) is 2.59. The molecule has 2 heterocycles. The van der Waals surface area contributed by atoms with Gasteiger partial charge in [0.2, 0.25) is 0 Å². The van der Waals surface area contributed by atoms with E-state index in [1.807, 2.05) is 41.8 Å². The van der Waals surface area contributed by atoms with E-state index >= 15 is 0 Å². The van der Waals surface area contributed by atoms with Crippen molar-refractivity contribution < 1.29 is 9.53 Å². The van der Waals surface area contributed by atoms with E-state index in [1.54, 1.807) is 19.6 Å². The number of carbonyl (C=O) groups excluding carboxylic acids is 1. The van der Waals surface area contributed by atoms with Crippen molar-refractivity contribution in [1.29, 1.82) is 0 Å². The number of benzene rings is 1. The number of carbonyl (C=O) groups is 1. The highest BCUT2D eigenvalue weighted by atomic mass is 16.5. The summed E-state index contributed by atoms with van der Waals surface area (Å²) in [6, 6.07) is 8.82. The summed E-state index contributed by atoms with van der Waals surface area (Å²) in [5.74, 6) is 0.704. The summed E-state index contributed by atoms with van der Waals surface area (Å²) in [6.07, 6.45) is 4.21. The number of anilines is 1. The van der Waals surface area contributed by atoms with Crippen LogP contribution in [0.4, 0.5) is 10.5 Å². The summed E-state index contributed by atoms with van der Waals surface area (Å²) in [6.45, 7) is 3.27. The van der Waals surface area contributed by atoms with Gasteiger partial charge in [0.15, 0.2) is 5.82 Å². The van der Waals surface area contributed by atoms with Crippen LogP contribution in [0.5, 0.6) is 0 Å². The molecule has 142 valence electrons. The summed E-state index contributed by atoms with van der Waals surface area (Å²) < 4.78 is 6.98. The zero-order chi connectivity index (χ0) is 19.1. The number of aromatic amines is 1. The molecule has 1 aromatic carbocycles. The van der Waals surface area contributed by atoms with Gasteiger partial charge in [-0.25, -0.2) is 4.79 Å². The first kappa shape index (κ1) is 18.6. The number of rotatable bonds is 8. The zero-order valence-corrected chi connectivity index (χ0v) is 15.3. The molecular formula is C18H23N7O2. The maximum atomic E-state index is 12.3. The Morgan fingerprint density at radius 1 is 1.30 bits per heavy atom. The largest absolute Gasteiger partial charge is 0.385 e. The molecule has 3 N–H and O–H groups in total. The highest BCUT2D eigenvalue weighted by Gasteiger charge is 2.15. The molecule has 0 aliphatic heterocycles. The lowest BCUT2D eigenvalue weighted by atomic mass is 10.1. The Hall–Kier alpha value is -3.20. The highest BCUT2D eigenvalue weighted by molar-refractivity contribution is 5.89. The van der Waals surface area contributed by atoms with Crippen LogP contribution < -0.4 is 10.6 Å². The molecule has 3 aromatic rings.